The van der Waals surface area contributed by atoms with Gasteiger partial charge in [-0.2, -0.15) is 5.10 Å². The SMILES string of the molecule is Cc1cccc(OCC(=O)N[C@@H](C)C(=O)N/N=C\c2ccc(OCc3c(C)cc(C)cc3C)cc2)c1. The summed E-state index contributed by atoms with van der Waals surface area (Å²) in [6, 6.07) is 18.4. The van der Waals surface area contributed by atoms with Crippen molar-refractivity contribution in [1.29, 1.82) is 0 Å². The Bertz CT molecular complexity index is 1210. The Labute approximate surface area is 212 Å². The van der Waals surface area contributed by atoms with Crippen LogP contribution in [-0.2, 0) is 16.2 Å². The molecule has 0 spiro atoms. The maximum absolute atomic E-state index is 12.2. The molecule has 188 valence electrons. The minimum absolute atomic E-state index is 0.179. The smallest absolute Gasteiger partial charge is 0.262 e. The van der Waals surface area contributed by atoms with E-state index >= 15 is 0 Å². The van der Waals surface area contributed by atoms with Gasteiger partial charge in [-0.05, 0) is 98.8 Å². The molecule has 0 radical (unpaired) electrons. The standard InChI is InChI=1S/C29H33N3O4/c1-19-7-6-8-26(15-19)36-18-28(33)31-23(5)29(34)32-30-16-24-9-11-25(12-10-24)35-17-27-21(3)13-20(2)14-22(27)4/h6-16,23H,17-18H2,1-5H3,(H,31,33)(H,32,34)/b30-16-/t23-/m0/s1. The van der Waals surface area contributed by atoms with Crippen molar-refractivity contribution in [3.63, 3.8) is 0 Å². The van der Waals surface area contributed by atoms with Gasteiger partial charge in [0.05, 0.1) is 6.21 Å². The summed E-state index contributed by atoms with van der Waals surface area (Å²) in [5.74, 6) is 0.525. The zero-order valence-corrected chi connectivity index (χ0v) is 21.4. The van der Waals surface area contributed by atoms with Crippen LogP contribution in [0.3, 0.4) is 0 Å². The highest BCUT2D eigenvalue weighted by molar-refractivity contribution is 5.88. The molecule has 0 saturated heterocycles. The second-order valence-corrected chi connectivity index (χ2v) is 8.86. The molecule has 0 heterocycles. The first kappa shape index (κ1) is 26.5. The largest absolute Gasteiger partial charge is 0.489 e. The van der Waals surface area contributed by atoms with Crippen molar-refractivity contribution in [3.8, 4) is 11.5 Å². The second-order valence-electron chi connectivity index (χ2n) is 8.86. The molecule has 3 rings (SSSR count). The van der Waals surface area contributed by atoms with Gasteiger partial charge in [0.25, 0.3) is 11.8 Å². The summed E-state index contributed by atoms with van der Waals surface area (Å²) in [5.41, 5.74) is 9.15. The summed E-state index contributed by atoms with van der Waals surface area (Å²) in [5, 5.41) is 6.57. The van der Waals surface area contributed by atoms with E-state index in [1.807, 2.05) is 49.4 Å². The third-order valence-electron chi connectivity index (χ3n) is 5.62. The molecule has 2 amide bonds. The molecule has 36 heavy (non-hydrogen) atoms. The van der Waals surface area contributed by atoms with Gasteiger partial charge in [-0.15, -0.1) is 0 Å². The van der Waals surface area contributed by atoms with Gasteiger partial charge >= 0.3 is 0 Å². The highest BCUT2D eigenvalue weighted by atomic mass is 16.5. The van der Waals surface area contributed by atoms with E-state index in [1.165, 1.54) is 28.5 Å². The molecule has 2 N–H and O–H groups in total. The Kier molecular flexibility index (Phi) is 9.22. The van der Waals surface area contributed by atoms with E-state index in [0.29, 0.717) is 12.4 Å². The van der Waals surface area contributed by atoms with E-state index in [9.17, 15) is 9.59 Å². The number of ether oxygens (including phenoxy) is 2. The molecule has 0 aromatic heterocycles. The quantitative estimate of drug-likeness (QED) is 0.325. The van der Waals surface area contributed by atoms with Gasteiger partial charge in [-0.1, -0.05) is 29.8 Å². The zero-order chi connectivity index (χ0) is 26.1. The van der Waals surface area contributed by atoms with E-state index in [4.69, 9.17) is 9.47 Å². The fourth-order valence-corrected chi connectivity index (χ4v) is 3.71. The van der Waals surface area contributed by atoms with Gasteiger partial charge in [0, 0.05) is 0 Å². The number of nitrogens with one attached hydrogen (secondary N) is 2. The summed E-state index contributed by atoms with van der Waals surface area (Å²) >= 11 is 0. The monoisotopic (exact) mass is 487 g/mol. The van der Waals surface area contributed by atoms with Gasteiger partial charge < -0.3 is 14.8 Å². The molecule has 7 heteroatoms. The number of carbonyl (C=O) groups is 2. The lowest BCUT2D eigenvalue weighted by Gasteiger charge is -2.13. The number of hydrogen-bond acceptors (Lipinski definition) is 5. The maximum Gasteiger partial charge on any atom is 0.262 e. The molecule has 1 atom stereocenters. The van der Waals surface area contributed by atoms with Crippen LogP contribution in [-0.4, -0.2) is 30.7 Å². The van der Waals surface area contributed by atoms with Crippen molar-refractivity contribution in [3.05, 3.63) is 94.0 Å². The molecule has 0 aliphatic rings. The Morgan fingerprint density at radius 3 is 2.25 bits per heavy atom. The maximum atomic E-state index is 12.2. The first-order chi connectivity index (χ1) is 17.2. The lowest BCUT2D eigenvalue weighted by molar-refractivity contribution is -0.129. The van der Waals surface area contributed by atoms with E-state index in [-0.39, 0.29) is 6.61 Å². The average Bonchev–Trinajstić information content (AvgIpc) is 2.83. The third-order valence-corrected chi connectivity index (χ3v) is 5.62. The number of aryl methyl sites for hydroxylation is 4. The van der Waals surface area contributed by atoms with Crippen LogP contribution in [0.2, 0.25) is 0 Å². The summed E-state index contributed by atoms with van der Waals surface area (Å²) in [6.45, 7) is 10.1. The first-order valence-corrected chi connectivity index (χ1v) is 11.8. The minimum atomic E-state index is -0.764. The van der Waals surface area contributed by atoms with Crippen molar-refractivity contribution in [2.75, 3.05) is 6.61 Å². The Balaban J connectivity index is 1.42. The van der Waals surface area contributed by atoms with Gasteiger partial charge in [-0.25, -0.2) is 5.43 Å². The minimum Gasteiger partial charge on any atom is -0.489 e. The third kappa shape index (κ3) is 7.98. The summed E-state index contributed by atoms with van der Waals surface area (Å²) in [6.07, 6.45) is 1.53. The number of rotatable bonds is 10. The fraction of sp³-hybridized carbons (Fsp3) is 0.276. The van der Waals surface area contributed by atoms with Crippen molar-refractivity contribution < 1.29 is 19.1 Å². The molecule has 0 bridgehead atoms. The molecule has 3 aromatic carbocycles. The Hall–Kier alpha value is -4.13. The van der Waals surface area contributed by atoms with Gasteiger partial charge in [0.15, 0.2) is 6.61 Å². The fourth-order valence-electron chi connectivity index (χ4n) is 3.71. The van der Waals surface area contributed by atoms with Crippen LogP contribution in [0.5, 0.6) is 11.5 Å². The number of hydrogen-bond donors (Lipinski definition) is 2. The van der Waals surface area contributed by atoms with Crippen molar-refractivity contribution in [2.24, 2.45) is 5.10 Å². The highest BCUT2D eigenvalue weighted by Crippen LogP contribution is 2.20. The lowest BCUT2D eigenvalue weighted by atomic mass is 10.0. The van der Waals surface area contributed by atoms with Crippen LogP contribution in [0.25, 0.3) is 0 Å². The molecule has 0 unspecified atom stereocenters. The molecule has 7 nitrogen and oxygen atoms in total. The number of hydrazone groups is 1. The molecule has 0 saturated carbocycles. The van der Waals surface area contributed by atoms with Crippen molar-refractivity contribution in [2.45, 2.75) is 47.3 Å². The molecule has 0 fully saturated rings. The predicted molar refractivity (Wildman–Crippen MR) is 141 cm³/mol. The zero-order valence-electron chi connectivity index (χ0n) is 21.4. The van der Waals surface area contributed by atoms with Crippen LogP contribution in [0, 0.1) is 27.7 Å². The van der Waals surface area contributed by atoms with Crippen LogP contribution in [0.1, 0.15) is 40.3 Å². The molecular formula is C29H33N3O4. The topological polar surface area (TPSA) is 89.0 Å². The number of nitrogens with zero attached hydrogens (tertiary/aromatic N) is 1. The van der Waals surface area contributed by atoms with E-state index in [0.717, 1.165) is 16.9 Å². The Morgan fingerprint density at radius 2 is 1.58 bits per heavy atom. The van der Waals surface area contributed by atoms with E-state index < -0.39 is 17.9 Å². The van der Waals surface area contributed by atoms with Crippen LogP contribution in [0.4, 0.5) is 0 Å². The van der Waals surface area contributed by atoms with Crippen molar-refractivity contribution in [1.82, 2.24) is 10.7 Å². The van der Waals surface area contributed by atoms with Gasteiger partial charge in [0.2, 0.25) is 0 Å². The predicted octanol–water partition coefficient (Wildman–Crippen LogP) is 4.53. The summed E-state index contributed by atoms with van der Waals surface area (Å²) < 4.78 is 11.4. The first-order valence-electron chi connectivity index (χ1n) is 11.8. The second kappa shape index (κ2) is 12.5. The molecule has 3 aromatic rings. The number of amides is 2. The van der Waals surface area contributed by atoms with Gasteiger partial charge in [0.1, 0.15) is 24.1 Å². The number of carbonyl (C=O) groups excluding carboxylic acids is 2. The summed E-state index contributed by atoms with van der Waals surface area (Å²) in [4.78, 5) is 24.3. The van der Waals surface area contributed by atoms with Gasteiger partial charge in [-0.3, -0.25) is 9.59 Å². The van der Waals surface area contributed by atoms with Crippen LogP contribution in [0.15, 0.2) is 65.8 Å². The van der Waals surface area contributed by atoms with E-state index in [2.05, 4.69) is 48.7 Å². The van der Waals surface area contributed by atoms with E-state index in [1.54, 1.807) is 13.0 Å². The van der Waals surface area contributed by atoms with Crippen LogP contribution < -0.4 is 20.2 Å². The van der Waals surface area contributed by atoms with Crippen molar-refractivity contribution >= 4 is 18.0 Å². The lowest BCUT2D eigenvalue weighted by Crippen LogP contribution is -2.45. The summed E-state index contributed by atoms with van der Waals surface area (Å²) in [7, 11) is 0. The molecule has 0 aliphatic heterocycles. The Morgan fingerprint density at radius 1 is 0.889 bits per heavy atom. The average molecular weight is 488 g/mol. The molecular weight excluding hydrogens is 454 g/mol. The normalized spacial score (nSPS) is 11.7. The molecule has 0 aliphatic carbocycles. The van der Waals surface area contributed by atoms with Crippen LogP contribution >= 0.6 is 0 Å². The highest BCUT2D eigenvalue weighted by Gasteiger charge is 2.15. The number of benzene rings is 3.